The fraction of sp³-hybridized carbons (Fsp3) is 0.188. The molecular formula is C16H16Cl2N2O2. The van der Waals surface area contributed by atoms with Crippen molar-refractivity contribution in [3.63, 3.8) is 0 Å². The molecule has 0 aromatic heterocycles. The van der Waals surface area contributed by atoms with Gasteiger partial charge in [0.1, 0.15) is 10.8 Å². The van der Waals surface area contributed by atoms with E-state index in [2.05, 4.69) is 10.5 Å². The first kappa shape index (κ1) is 16.5. The SMILES string of the molecule is COc1c(Cl)cc(C=NNCc2ccccc2)c(OC)c1Cl. The fourth-order valence-corrected chi connectivity index (χ4v) is 2.64. The van der Waals surface area contributed by atoms with Crippen molar-refractivity contribution in [1.82, 2.24) is 5.43 Å². The van der Waals surface area contributed by atoms with Crippen LogP contribution in [0, 0.1) is 0 Å². The first-order valence-electron chi connectivity index (χ1n) is 6.57. The number of rotatable bonds is 6. The van der Waals surface area contributed by atoms with E-state index in [4.69, 9.17) is 32.7 Å². The molecule has 0 spiro atoms. The maximum Gasteiger partial charge on any atom is 0.159 e. The van der Waals surface area contributed by atoms with Gasteiger partial charge < -0.3 is 14.9 Å². The average molecular weight is 339 g/mol. The summed E-state index contributed by atoms with van der Waals surface area (Å²) in [5.74, 6) is 0.850. The van der Waals surface area contributed by atoms with Crippen molar-refractivity contribution in [2.24, 2.45) is 5.10 Å². The molecule has 0 aliphatic heterocycles. The highest BCUT2D eigenvalue weighted by atomic mass is 35.5. The molecular weight excluding hydrogens is 323 g/mol. The minimum atomic E-state index is 0.321. The summed E-state index contributed by atoms with van der Waals surface area (Å²) in [6.07, 6.45) is 1.61. The van der Waals surface area contributed by atoms with Gasteiger partial charge in [0, 0.05) is 5.56 Å². The molecule has 0 unspecified atom stereocenters. The lowest BCUT2D eigenvalue weighted by molar-refractivity contribution is 0.394. The van der Waals surface area contributed by atoms with Crippen LogP contribution in [0.15, 0.2) is 41.5 Å². The minimum Gasteiger partial charge on any atom is -0.494 e. The summed E-state index contributed by atoms with van der Waals surface area (Å²) in [4.78, 5) is 0. The predicted octanol–water partition coefficient (Wildman–Crippen LogP) is 4.13. The van der Waals surface area contributed by atoms with Crippen molar-refractivity contribution in [2.75, 3.05) is 14.2 Å². The number of hydrazone groups is 1. The summed E-state index contributed by atoms with van der Waals surface area (Å²) in [5, 5.41) is 4.89. The Labute approximate surface area is 139 Å². The van der Waals surface area contributed by atoms with Crippen LogP contribution in [0.3, 0.4) is 0 Å². The molecule has 2 aromatic rings. The molecule has 2 rings (SSSR count). The third kappa shape index (κ3) is 3.84. The quantitative estimate of drug-likeness (QED) is 0.636. The van der Waals surface area contributed by atoms with Crippen LogP contribution >= 0.6 is 23.2 Å². The number of nitrogens with one attached hydrogen (secondary N) is 1. The second-order valence-corrected chi connectivity index (χ2v) is 5.19. The van der Waals surface area contributed by atoms with Gasteiger partial charge in [-0.25, -0.2) is 0 Å². The number of benzene rings is 2. The normalized spacial score (nSPS) is 10.7. The highest BCUT2D eigenvalue weighted by Crippen LogP contribution is 2.41. The maximum atomic E-state index is 6.21. The summed E-state index contributed by atoms with van der Waals surface area (Å²) in [7, 11) is 3.03. The number of hydrogen-bond donors (Lipinski definition) is 1. The fourth-order valence-electron chi connectivity index (χ4n) is 1.94. The number of halogens is 2. The van der Waals surface area contributed by atoms with Gasteiger partial charge in [0.2, 0.25) is 0 Å². The Morgan fingerprint density at radius 1 is 1.09 bits per heavy atom. The molecule has 0 fully saturated rings. The van der Waals surface area contributed by atoms with E-state index in [-0.39, 0.29) is 0 Å². The molecule has 0 radical (unpaired) electrons. The van der Waals surface area contributed by atoms with E-state index in [9.17, 15) is 0 Å². The number of ether oxygens (including phenoxy) is 2. The van der Waals surface area contributed by atoms with Gasteiger partial charge in [-0.2, -0.15) is 5.10 Å². The third-order valence-corrected chi connectivity index (χ3v) is 3.61. The number of methoxy groups -OCH3 is 2. The molecule has 0 saturated carbocycles. The molecule has 2 aromatic carbocycles. The lowest BCUT2D eigenvalue weighted by atomic mass is 10.2. The highest BCUT2D eigenvalue weighted by Gasteiger charge is 2.16. The van der Waals surface area contributed by atoms with Crippen molar-refractivity contribution in [3.8, 4) is 11.5 Å². The molecule has 0 atom stereocenters. The Balaban J connectivity index is 2.13. The molecule has 0 aliphatic rings. The summed E-state index contributed by atoms with van der Waals surface area (Å²) in [6, 6.07) is 11.7. The van der Waals surface area contributed by atoms with Crippen molar-refractivity contribution < 1.29 is 9.47 Å². The lowest BCUT2D eigenvalue weighted by Crippen LogP contribution is -2.06. The van der Waals surface area contributed by atoms with Gasteiger partial charge in [-0.05, 0) is 11.6 Å². The van der Waals surface area contributed by atoms with Crippen molar-refractivity contribution >= 4 is 29.4 Å². The molecule has 4 nitrogen and oxygen atoms in total. The summed E-state index contributed by atoms with van der Waals surface area (Å²) < 4.78 is 10.5. The van der Waals surface area contributed by atoms with Crippen LogP contribution in [-0.4, -0.2) is 20.4 Å². The van der Waals surface area contributed by atoms with Gasteiger partial charge in [0.15, 0.2) is 5.75 Å². The Morgan fingerprint density at radius 3 is 2.41 bits per heavy atom. The molecule has 0 saturated heterocycles. The molecule has 116 valence electrons. The van der Waals surface area contributed by atoms with Crippen LogP contribution in [0.5, 0.6) is 11.5 Å². The maximum absolute atomic E-state index is 6.21. The van der Waals surface area contributed by atoms with E-state index >= 15 is 0 Å². The van der Waals surface area contributed by atoms with E-state index in [1.54, 1.807) is 12.3 Å². The molecule has 0 aliphatic carbocycles. The zero-order valence-corrected chi connectivity index (χ0v) is 13.8. The standard InChI is InChI=1S/C16H16Cl2N2O2/c1-21-15-12(8-13(17)16(22-2)14(15)18)10-20-19-9-11-6-4-3-5-7-11/h3-8,10,19H,9H2,1-2H3. The van der Waals surface area contributed by atoms with E-state index in [1.165, 1.54) is 14.2 Å². The van der Waals surface area contributed by atoms with Crippen LogP contribution in [0.25, 0.3) is 0 Å². The first-order chi connectivity index (χ1) is 10.7. The molecule has 22 heavy (non-hydrogen) atoms. The van der Waals surface area contributed by atoms with E-state index < -0.39 is 0 Å². The van der Waals surface area contributed by atoms with Crippen LogP contribution in [-0.2, 0) is 6.54 Å². The minimum absolute atomic E-state index is 0.321. The Kier molecular flexibility index (Phi) is 5.92. The summed E-state index contributed by atoms with van der Waals surface area (Å²) in [6.45, 7) is 0.622. The van der Waals surface area contributed by atoms with Crippen molar-refractivity contribution in [3.05, 3.63) is 57.6 Å². The van der Waals surface area contributed by atoms with Crippen LogP contribution in [0.2, 0.25) is 10.0 Å². The third-order valence-electron chi connectivity index (χ3n) is 2.99. The highest BCUT2D eigenvalue weighted by molar-refractivity contribution is 6.38. The second-order valence-electron chi connectivity index (χ2n) is 4.41. The van der Waals surface area contributed by atoms with Crippen molar-refractivity contribution in [2.45, 2.75) is 6.54 Å². The van der Waals surface area contributed by atoms with Crippen LogP contribution in [0.1, 0.15) is 11.1 Å². The van der Waals surface area contributed by atoms with Crippen LogP contribution < -0.4 is 14.9 Å². The predicted molar refractivity (Wildman–Crippen MR) is 90.4 cm³/mol. The number of hydrogen-bond acceptors (Lipinski definition) is 4. The summed E-state index contributed by atoms with van der Waals surface area (Å²) in [5.41, 5.74) is 4.77. The van der Waals surface area contributed by atoms with Crippen LogP contribution in [0.4, 0.5) is 0 Å². The Bertz CT molecular complexity index is 661. The zero-order valence-electron chi connectivity index (χ0n) is 12.3. The van der Waals surface area contributed by atoms with Gasteiger partial charge in [-0.1, -0.05) is 53.5 Å². The van der Waals surface area contributed by atoms with Gasteiger partial charge in [0.25, 0.3) is 0 Å². The second kappa shape index (κ2) is 7.92. The van der Waals surface area contributed by atoms with E-state index in [1.807, 2.05) is 30.3 Å². The van der Waals surface area contributed by atoms with Gasteiger partial charge in [0.05, 0.1) is 32.0 Å². The van der Waals surface area contributed by atoms with Crippen molar-refractivity contribution in [1.29, 1.82) is 0 Å². The average Bonchev–Trinajstić information content (AvgIpc) is 2.53. The largest absolute Gasteiger partial charge is 0.494 e. The first-order valence-corrected chi connectivity index (χ1v) is 7.32. The van der Waals surface area contributed by atoms with Gasteiger partial charge in [-0.3, -0.25) is 0 Å². The number of nitrogens with zero attached hydrogens (tertiary/aromatic N) is 1. The van der Waals surface area contributed by atoms with Gasteiger partial charge >= 0.3 is 0 Å². The monoisotopic (exact) mass is 338 g/mol. The Hall–Kier alpha value is -1.91. The van der Waals surface area contributed by atoms with E-state index in [0.717, 1.165) is 5.56 Å². The molecule has 0 amide bonds. The topological polar surface area (TPSA) is 42.8 Å². The zero-order chi connectivity index (χ0) is 15.9. The molecule has 0 heterocycles. The Morgan fingerprint density at radius 2 is 1.77 bits per heavy atom. The molecule has 0 bridgehead atoms. The lowest BCUT2D eigenvalue weighted by Gasteiger charge is -2.12. The van der Waals surface area contributed by atoms with Gasteiger partial charge in [-0.15, -0.1) is 0 Å². The molecule has 1 N–H and O–H groups in total. The van der Waals surface area contributed by atoms with E-state index in [0.29, 0.717) is 33.7 Å². The smallest absolute Gasteiger partial charge is 0.159 e. The summed E-state index contributed by atoms with van der Waals surface area (Å²) >= 11 is 12.3. The molecule has 6 heteroatoms.